The second-order valence-corrected chi connectivity index (χ2v) is 6.66. The smallest absolute Gasteiger partial charge is 0.241 e. The minimum atomic E-state index is -0.430. The molecule has 0 aliphatic heterocycles. The second kappa shape index (κ2) is 10.9. The first-order valence-electron chi connectivity index (χ1n) is 9.69. The molecule has 1 amide bonds. The molecule has 2 heterocycles. The summed E-state index contributed by atoms with van der Waals surface area (Å²) in [5.41, 5.74) is 3.23. The van der Waals surface area contributed by atoms with Gasteiger partial charge in [-0.3, -0.25) is 14.8 Å². The predicted molar refractivity (Wildman–Crippen MR) is 113 cm³/mol. The highest BCUT2D eigenvalue weighted by Gasteiger charge is 2.19. The van der Waals surface area contributed by atoms with Crippen molar-refractivity contribution in [2.24, 2.45) is 0 Å². The molecule has 2 aromatic heterocycles. The van der Waals surface area contributed by atoms with Crippen LogP contribution in [-0.2, 0) is 17.6 Å². The van der Waals surface area contributed by atoms with Gasteiger partial charge in [0.1, 0.15) is 11.8 Å². The summed E-state index contributed by atoms with van der Waals surface area (Å²) in [6, 6.07) is 15.0. The Balaban J connectivity index is 1.61. The van der Waals surface area contributed by atoms with Crippen LogP contribution in [0.3, 0.4) is 0 Å². The number of aromatic nitrogens is 2. The highest BCUT2D eigenvalue weighted by molar-refractivity contribution is 5.83. The Hall–Kier alpha value is -3.25. The van der Waals surface area contributed by atoms with E-state index in [-0.39, 0.29) is 5.91 Å². The van der Waals surface area contributed by atoms with E-state index in [4.69, 9.17) is 4.74 Å². The van der Waals surface area contributed by atoms with Crippen molar-refractivity contribution in [1.29, 1.82) is 0 Å². The van der Waals surface area contributed by atoms with Gasteiger partial charge in [0.05, 0.1) is 7.11 Å². The average molecular weight is 390 g/mol. The Morgan fingerprint density at radius 2 is 1.41 bits per heavy atom. The zero-order chi connectivity index (χ0) is 20.3. The van der Waals surface area contributed by atoms with Gasteiger partial charge in [-0.05, 0) is 65.9 Å². The summed E-state index contributed by atoms with van der Waals surface area (Å²) in [5.74, 6) is 0.723. The molecule has 3 aromatic rings. The Morgan fingerprint density at radius 1 is 0.862 bits per heavy atom. The van der Waals surface area contributed by atoms with Gasteiger partial charge in [0.2, 0.25) is 5.91 Å². The number of methoxy groups -OCH3 is 1. The Labute approximate surface area is 171 Å². The van der Waals surface area contributed by atoms with E-state index >= 15 is 0 Å². The highest BCUT2D eigenvalue weighted by atomic mass is 16.5. The van der Waals surface area contributed by atoms with E-state index in [1.807, 2.05) is 48.5 Å². The summed E-state index contributed by atoms with van der Waals surface area (Å²) in [6.45, 7) is 1.25. The van der Waals surface area contributed by atoms with Crippen LogP contribution in [0.1, 0.15) is 22.7 Å². The van der Waals surface area contributed by atoms with Gasteiger partial charge in [-0.2, -0.15) is 0 Å². The van der Waals surface area contributed by atoms with E-state index in [1.165, 1.54) is 5.56 Å². The summed E-state index contributed by atoms with van der Waals surface area (Å²) < 4.78 is 5.23. The summed E-state index contributed by atoms with van der Waals surface area (Å²) in [4.78, 5) is 21.0. The first-order chi connectivity index (χ1) is 14.3. The Morgan fingerprint density at radius 3 is 1.97 bits per heavy atom. The molecule has 0 radical (unpaired) electrons. The fraction of sp³-hybridized carbons (Fsp3) is 0.261. The number of carbonyl (C=O) groups is 1. The zero-order valence-electron chi connectivity index (χ0n) is 16.5. The number of pyridine rings is 2. The summed E-state index contributed by atoms with van der Waals surface area (Å²) in [5, 5.41) is 6.43. The molecule has 2 N–H and O–H groups in total. The SMILES string of the molecule is COc1ccc(C(NCCc2ccncc2)C(=O)NCCc2ccncc2)cc1. The van der Waals surface area contributed by atoms with Gasteiger partial charge < -0.3 is 15.4 Å². The van der Waals surface area contributed by atoms with E-state index in [0.717, 1.165) is 29.7 Å². The predicted octanol–water partition coefficient (Wildman–Crippen LogP) is 2.72. The van der Waals surface area contributed by atoms with Gasteiger partial charge in [0.15, 0.2) is 0 Å². The van der Waals surface area contributed by atoms with Crippen molar-refractivity contribution in [2.45, 2.75) is 18.9 Å². The number of amides is 1. The molecule has 0 bridgehead atoms. The van der Waals surface area contributed by atoms with Crippen LogP contribution in [0.4, 0.5) is 0 Å². The zero-order valence-corrected chi connectivity index (χ0v) is 16.5. The molecule has 1 unspecified atom stereocenters. The third-order valence-electron chi connectivity index (χ3n) is 4.69. The van der Waals surface area contributed by atoms with Crippen LogP contribution in [0.25, 0.3) is 0 Å². The molecule has 6 nitrogen and oxygen atoms in total. The van der Waals surface area contributed by atoms with Gasteiger partial charge in [-0.15, -0.1) is 0 Å². The molecule has 0 aliphatic rings. The monoisotopic (exact) mass is 390 g/mol. The molecule has 0 saturated heterocycles. The highest BCUT2D eigenvalue weighted by Crippen LogP contribution is 2.18. The number of nitrogens with zero attached hydrogens (tertiary/aromatic N) is 2. The third-order valence-corrected chi connectivity index (χ3v) is 4.69. The lowest BCUT2D eigenvalue weighted by molar-refractivity contribution is -0.123. The van der Waals surface area contributed by atoms with E-state index in [9.17, 15) is 4.79 Å². The molecule has 1 atom stereocenters. The van der Waals surface area contributed by atoms with Crippen molar-refractivity contribution >= 4 is 5.91 Å². The molecule has 0 spiro atoms. The van der Waals surface area contributed by atoms with Gasteiger partial charge >= 0.3 is 0 Å². The van der Waals surface area contributed by atoms with Gasteiger partial charge in [0, 0.05) is 37.9 Å². The fourth-order valence-electron chi connectivity index (χ4n) is 3.05. The lowest BCUT2D eigenvalue weighted by atomic mass is 10.0. The molecule has 3 rings (SSSR count). The molecular formula is C23H26N4O2. The minimum absolute atomic E-state index is 0.0426. The lowest BCUT2D eigenvalue weighted by Crippen LogP contribution is -2.39. The molecule has 0 fully saturated rings. The van der Waals surface area contributed by atoms with Crippen molar-refractivity contribution in [1.82, 2.24) is 20.6 Å². The molecule has 6 heteroatoms. The number of benzene rings is 1. The summed E-state index contributed by atoms with van der Waals surface area (Å²) in [6.07, 6.45) is 8.67. The van der Waals surface area contributed by atoms with E-state index in [0.29, 0.717) is 13.1 Å². The number of nitrogens with one attached hydrogen (secondary N) is 2. The fourth-order valence-corrected chi connectivity index (χ4v) is 3.05. The lowest BCUT2D eigenvalue weighted by Gasteiger charge is -2.19. The van der Waals surface area contributed by atoms with Crippen LogP contribution < -0.4 is 15.4 Å². The van der Waals surface area contributed by atoms with Gasteiger partial charge in [-0.25, -0.2) is 0 Å². The summed E-state index contributed by atoms with van der Waals surface area (Å²) >= 11 is 0. The van der Waals surface area contributed by atoms with Crippen LogP contribution in [-0.4, -0.2) is 36.1 Å². The number of hydrogen-bond acceptors (Lipinski definition) is 5. The standard InChI is InChI=1S/C23H26N4O2/c1-29-21-4-2-20(3-5-21)22(26-16-10-18-6-12-24-13-7-18)23(28)27-17-11-19-8-14-25-15-9-19/h2-9,12-15,22,26H,10-11,16-17H2,1H3,(H,27,28). The molecule has 150 valence electrons. The first kappa shape index (κ1) is 20.5. The second-order valence-electron chi connectivity index (χ2n) is 6.66. The van der Waals surface area contributed by atoms with Crippen LogP contribution in [0, 0.1) is 0 Å². The number of hydrogen-bond donors (Lipinski definition) is 2. The average Bonchev–Trinajstić information content (AvgIpc) is 2.78. The quantitative estimate of drug-likeness (QED) is 0.557. The third kappa shape index (κ3) is 6.40. The van der Waals surface area contributed by atoms with Crippen molar-refractivity contribution < 1.29 is 9.53 Å². The molecule has 1 aromatic carbocycles. The minimum Gasteiger partial charge on any atom is -0.497 e. The van der Waals surface area contributed by atoms with Crippen LogP contribution in [0.15, 0.2) is 73.3 Å². The van der Waals surface area contributed by atoms with E-state index < -0.39 is 6.04 Å². The Kier molecular flexibility index (Phi) is 7.72. The number of carbonyl (C=O) groups excluding carboxylic acids is 1. The maximum atomic E-state index is 12.9. The molecule has 29 heavy (non-hydrogen) atoms. The maximum absolute atomic E-state index is 12.9. The van der Waals surface area contributed by atoms with Crippen LogP contribution in [0.5, 0.6) is 5.75 Å². The molecule has 0 saturated carbocycles. The maximum Gasteiger partial charge on any atom is 0.241 e. The van der Waals surface area contributed by atoms with Crippen molar-refractivity contribution in [3.05, 3.63) is 90.0 Å². The van der Waals surface area contributed by atoms with Gasteiger partial charge in [0.25, 0.3) is 0 Å². The largest absolute Gasteiger partial charge is 0.497 e. The molecule has 0 aliphatic carbocycles. The van der Waals surface area contributed by atoms with Crippen molar-refractivity contribution in [2.75, 3.05) is 20.2 Å². The van der Waals surface area contributed by atoms with Crippen molar-refractivity contribution in [3.63, 3.8) is 0 Å². The number of rotatable bonds is 10. The van der Waals surface area contributed by atoms with Crippen LogP contribution >= 0.6 is 0 Å². The van der Waals surface area contributed by atoms with E-state index in [1.54, 1.807) is 31.9 Å². The first-order valence-corrected chi connectivity index (χ1v) is 9.69. The normalized spacial score (nSPS) is 11.6. The number of ether oxygens (including phenoxy) is 1. The van der Waals surface area contributed by atoms with Crippen LogP contribution in [0.2, 0.25) is 0 Å². The van der Waals surface area contributed by atoms with Gasteiger partial charge in [-0.1, -0.05) is 12.1 Å². The summed E-state index contributed by atoms with van der Waals surface area (Å²) in [7, 11) is 1.63. The van der Waals surface area contributed by atoms with E-state index in [2.05, 4.69) is 20.6 Å². The topological polar surface area (TPSA) is 76.1 Å². The molecular weight excluding hydrogens is 364 g/mol. The van der Waals surface area contributed by atoms with Crippen molar-refractivity contribution in [3.8, 4) is 5.75 Å². The Bertz CT molecular complexity index is 870.